The van der Waals surface area contributed by atoms with Gasteiger partial charge in [-0.15, -0.1) is 0 Å². The fraction of sp³-hybridized carbons (Fsp3) is 0.357. The Bertz CT molecular complexity index is 595. The lowest BCUT2D eigenvalue weighted by molar-refractivity contribution is 0.518. The van der Waals surface area contributed by atoms with Gasteiger partial charge in [-0.25, -0.2) is 5.43 Å². The van der Waals surface area contributed by atoms with Gasteiger partial charge in [-0.05, 0) is 40.4 Å². The molecule has 108 valence electrons. The number of aryl methyl sites for hydroxylation is 2. The second kappa shape index (κ2) is 6.85. The largest absolute Gasteiger partial charge is 0.271 e. The molecule has 0 radical (unpaired) electrons. The molecule has 1 aromatic heterocycles. The zero-order chi connectivity index (χ0) is 14.7. The van der Waals surface area contributed by atoms with Crippen LogP contribution in [0.4, 0.5) is 0 Å². The van der Waals surface area contributed by atoms with E-state index < -0.39 is 0 Å². The van der Waals surface area contributed by atoms with E-state index in [0.717, 1.165) is 33.2 Å². The van der Waals surface area contributed by atoms with E-state index in [1.165, 1.54) is 5.56 Å². The maximum absolute atomic E-state index is 5.82. The molecule has 20 heavy (non-hydrogen) atoms. The molecule has 0 aliphatic rings. The van der Waals surface area contributed by atoms with Crippen molar-refractivity contribution >= 4 is 31.9 Å². The molecule has 0 aliphatic carbocycles. The molecule has 1 aromatic carbocycles. The molecule has 0 saturated carbocycles. The van der Waals surface area contributed by atoms with Crippen LogP contribution in [0.15, 0.2) is 33.3 Å². The number of aromatic nitrogens is 2. The Labute approximate surface area is 136 Å². The SMILES string of the molecule is CCCn1ncc(Br)c1C(NN)c1cccc(C)c1Br. The fourth-order valence-electron chi connectivity index (χ4n) is 2.26. The van der Waals surface area contributed by atoms with Crippen LogP contribution in [0.2, 0.25) is 0 Å². The number of hydrogen-bond donors (Lipinski definition) is 2. The van der Waals surface area contributed by atoms with E-state index in [-0.39, 0.29) is 6.04 Å². The molecule has 0 saturated heterocycles. The maximum atomic E-state index is 5.82. The summed E-state index contributed by atoms with van der Waals surface area (Å²) in [6.07, 6.45) is 2.84. The second-order valence-corrected chi connectivity index (χ2v) is 6.33. The molecule has 1 atom stereocenters. The summed E-state index contributed by atoms with van der Waals surface area (Å²) in [7, 11) is 0. The lowest BCUT2D eigenvalue weighted by Gasteiger charge is -2.21. The molecule has 2 rings (SSSR count). The minimum absolute atomic E-state index is 0.118. The topological polar surface area (TPSA) is 55.9 Å². The van der Waals surface area contributed by atoms with Crippen molar-refractivity contribution in [3.63, 3.8) is 0 Å². The molecule has 1 heterocycles. The summed E-state index contributed by atoms with van der Waals surface area (Å²) in [5, 5.41) is 4.41. The standard InChI is InChI=1S/C14H18Br2N4/c1-3-7-20-14(11(15)8-18-20)13(19-17)10-6-4-5-9(2)12(10)16/h4-6,8,13,19H,3,7,17H2,1-2H3. The van der Waals surface area contributed by atoms with Crippen molar-refractivity contribution in [3.05, 3.63) is 50.2 Å². The highest BCUT2D eigenvalue weighted by molar-refractivity contribution is 9.10. The van der Waals surface area contributed by atoms with Gasteiger partial charge in [0, 0.05) is 11.0 Å². The first-order valence-electron chi connectivity index (χ1n) is 6.52. The van der Waals surface area contributed by atoms with Gasteiger partial charge in [0.25, 0.3) is 0 Å². The third-order valence-electron chi connectivity index (χ3n) is 3.24. The van der Waals surface area contributed by atoms with Gasteiger partial charge in [-0.1, -0.05) is 41.1 Å². The van der Waals surface area contributed by atoms with Crippen molar-refractivity contribution in [1.82, 2.24) is 15.2 Å². The summed E-state index contributed by atoms with van der Waals surface area (Å²) in [4.78, 5) is 0. The first kappa shape index (κ1) is 15.7. The smallest absolute Gasteiger partial charge is 0.0900 e. The van der Waals surface area contributed by atoms with Crippen molar-refractivity contribution in [2.45, 2.75) is 32.9 Å². The Morgan fingerprint density at radius 2 is 2.15 bits per heavy atom. The molecule has 3 N–H and O–H groups in total. The van der Waals surface area contributed by atoms with Gasteiger partial charge >= 0.3 is 0 Å². The molecular weight excluding hydrogens is 384 g/mol. The van der Waals surface area contributed by atoms with Gasteiger partial charge in [0.15, 0.2) is 0 Å². The molecule has 0 amide bonds. The van der Waals surface area contributed by atoms with E-state index in [4.69, 9.17) is 5.84 Å². The number of nitrogens with two attached hydrogens (primary N) is 1. The Hall–Kier alpha value is -0.690. The highest BCUT2D eigenvalue weighted by atomic mass is 79.9. The maximum Gasteiger partial charge on any atom is 0.0900 e. The number of rotatable bonds is 5. The first-order valence-corrected chi connectivity index (χ1v) is 8.11. The number of nitrogens with one attached hydrogen (secondary N) is 1. The van der Waals surface area contributed by atoms with Crippen molar-refractivity contribution in [2.24, 2.45) is 5.84 Å². The Kier molecular flexibility index (Phi) is 5.37. The lowest BCUT2D eigenvalue weighted by atomic mass is 10.0. The van der Waals surface area contributed by atoms with Crippen molar-refractivity contribution in [3.8, 4) is 0 Å². The zero-order valence-electron chi connectivity index (χ0n) is 11.5. The van der Waals surface area contributed by atoms with Crippen LogP contribution in [0.5, 0.6) is 0 Å². The van der Waals surface area contributed by atoms with E-state index in [9.17, 15) is 0 Å². The van der Waals surface area contributed by atoms with Gasteiger partial charge in [-0.2, -0.15) is 5.10 Å². The number of benzene rings is 1. The molecule has 0 bridgehead atoms. The molecule has 0 spiro atoms. The van der Waals surface area contributed by atoms with Crippen LogP contribution in [-0.2, 0) is 6.54 Å². The molecule has 2 aromatic rings. The summed E-state index contributed by atoms with van der Waals surface area (Å²) >= 11 is 7.23. The van der Waals surface area contributed by atoms with Crippen LogP contribution in [0, 0.1) is 6.92 Å². The summed E-state index contributed by atoms with van der Waals surface area (Å²) in [6.45, 7) is 5.06. The zero-order valence-corrected chi connectivity index (χ0v) is 14.7. The molecule has 0 aliphatic heterocycles. The molecule has 4 nitrogen and oxygen atoms in total. The fourth-order valence-corrected chi connectivity index (χ4v) is 3.28. The van der Waals surface area contributed by atoms with E-state index in [0.29, 0.717) is 0 Å². The molecular formula is C14H18Br2N4. The van der Waals surface area contributed by atoms with Crippen molar-refractivity contribution in [2.75, 3.05) is 0 Å². The summed E-state index contributed by atoms with van der Waals surface area (Å²) in [5.74, 6) is 5.82. The normalized spacial score (nSPS) is 12.7. The molecule has 0 fully saturated rings. The highest BCUT2D eigenvalue weighted by Gasteiger charge is 2.23. The summed E-state index contributed by atoms with van der Waals surface area (Å²) < 4.78 is 4.02. The highest BCUT2D eigenvalue weighted by Crippen LogP contribution is 2.33. The van der Waals surface area contributed by atoms with E-state index >= 15 is 0 Å². The van der Waals surface area contributed by atoms with Crippen molar-refractivity contribution < 1.29 is 0 Å². The molecule has 6 heteroatoms. The van der Waals surface area contributed by atoms with Gasteiger partial charge in [0.2, 0.25) is 0 Å². The van der Waals surface area contributed by atoms with Crippen LogP contribution in [0.25, 0.3) is 0 Å². The first-order chi connectivity index (χ1) is 9.60. The van der Waals surface area contributed by atoms with Crippen LogP contribution in [0.3, 0.4) is 0 Å². The third kappa shape index (κ3) is 2.98. The van der Waals surface area contributed by atoms with E-state index in [2.05, 4.69) is 68.4 Å². The Balaban J connectivity index is 2.52. The quantitative estimate of drug-likeness (QED) is 0.593. The summed E-state index contributed by atoms with van der Waals surface area (Å²) in [6, 6.07) is 6.05. The average Bonchev–Trinajstić information content (AvgIpc) is 2.78. The number of halogens is 2. The second-order valence-electron chi connectivity index (χ2n) is 4.68. The Morgan fingerprint density at radius 1 is 1.40 bits per heavy atom. The van der Waals surface area contributed by atoms with Crippen molar-refractivity contribution in [1.29, 1.82) is 0 Å². The number of hydrazine groups is 1. The lowest BCUT2D eigenvalue weighted by Crippen LogP contribution is -2.31. The van der Waals surface area contributed by atoms with Gasteiger partial charge in [0.1, 0.15) is 0 Å². The summed E-state index contributed by atoms with van der Waals surface area (Å²) in [5.41, 5.74) is 6.23. The minimum Gasteiger partial charge on any atom is -0.271 e. The van der Waals surface area contributed by atoms with Crippen LogP contribution in [0.1, 0.15) is 36.2 Å². The average molecular weight is 402 g/mol. The van der Waals surface area contributed by atoms with Crippen LogP contribution < -0.4 is 11.3 Å². The number of nitrogens with zero attached hydrogens (tertiary/aromatic N) is 2. The van der Waals surface area contributed by atoms with E-state index in [1.54, 1.807) is 0 Å². The monoisotopic (exact) mass is 400 g/mol. The molecule has 1 unspecified atom stereocenters. The number of hydrogen-bond acceptors (Lipinski definition) is 3. The van der Waals surface area contributed by atoms with Crippen LogP contribution >= 0.6 is 31.9 Å². The minimum atomic E-state index is -0.118. The van der Waals surface area contributed by atoms with Gasteiger partial charge in [-0.3, -0.25) is 10.5 Å². The van der Waals surface area contributed by atoms with Gasteiger partial charge < -0.3 is 0 Å². The van der Waals surface area contributed by atoms with E-state index in [1.807, 2.05) is 16.9 Å². The van der Waals surface area contributed by atoms with Crippen LogP contribution in [-0.4, -0.2) is 9.78 Å². The van der Waals surface area contributed by atoms with Gasteiger partial charge in [0.05, 0.1) is 22.4 Å². The third-order valence-corrected chi connectivity index (χ3v) is 4.94. The predicted octanol–water partition coefficient (Wildman–Crippen LogP) is 3.68. The Morgan fingerprint density at radius 3 is 2.80 bits per heavy atom. The predicted molar refractivity (Wildman–Crippen MR) is 88.3 cm³/mol.